The lowest BCUT2D eigenvalue weighted by Crippen LogP contribution is -2.14. The van der Waals surface area contributed by atoms with Crippen LogP contribution in [0.2, 0.25) is 0 Å². The molecule has 0 radical (unpaired) electrons. The second-order valence-electron chi connectivity index (χ2n) is 9.35. The minimum Gasteiger partial charge on any atom is -0.343 e. The molecule has 0 fully saturated rings. The van der Waals surface area contributed by atoms with Crippen LogP contribution in [0.5, 0.6) is 0 Å². The molecule has 0 aliphatic heterocycles. The second-order valence-corrected chi connectivity index (χ2v) is 9.35. The Hall–Kier alpha value is -3.40. The van der Waals surface area contributed by atoms with Crippen molar-refractivity contribution in [3.05, 3.63) is 79.1 Å². The van der Waals surface area contributed by atoms with Gasteiger partial charge in [0.15, 0.2) is 10.9 Å². The van der Waals surface area contributed by atoms with Crippen molar-refractivity contribution in [2.45, 2.75) is 53.4 Å². The smallest absolute Gasteiger partial charge is 0.197 e. The zero-order valence-electron chi connectivity index (χ0n) is 21.0. The number of hydrogen-bond acceptors (Lipinski definition) is 2. The molecule has 0 unspecified atom stereocenters. The quantitative estimate of drug-likeness (QED) is 0.317. The summed E-state index contributed by atoms with van der Waals surface area (Å²) in [6.45, 7) is 8.57. The van der Waals surface area contributed by atoms with Crippen LogP contribution in [0.4, 0.5) is 0 Å². The van der Waals surface area contributed by atoms with Gasteiger partial charge in [-0.1, -0.05) is 27.7 Å². The molecule has 0 saturated carbocycles. The fourth-order valence-electron chi connectivity index (χ4n) is 5.63. The molecule has 2 aromatic heterocycles. The highest BCUT2D eigenvalue weighted by Crippen LogP contribution is 2.28. The zero-order chi connectivity index (χ0) is 24.3. The van der Waals surface area contributed by atoms with Gasteiger partial charge in [0.25, 0.3) is 0 Å². The summed E-state index contributed by atoms with van der Waals surface area (Å²) in [6.07, 6.45) is 3.65. The average Bonchev–Trinajstić information content (AvgIpc) is 2.87. The van der Waals surface area contributed by atoms with Gasteiger partial charge in [-0.05, 0) is 84.3 Å². The molecule has 0 N–H and O–H groups in total. The maximum Gasteiger partial charge on any atom is 0.197 e. The standard InChI is InChI=1S/C30H32N2O2/c1-7-17-11-21-25(13-19(17)9-3)31(5)27-16-24-28(15-23(27)29(21)33)32(6)26-14-20(10-4)18(8-2)12-22(26)30(24)34/h11-16H,7-10H2,1-6H3. The molecule has 174 valence electrons. The number of fused-ring (bicyclic) bond motifs is 4. The number of pyridine rings is 2. The van der Waals surface area contributed by atoms with Gasteiger partial charge in [0, 0.05) is 35.6 Å². The third-order valence-electron chi connectivity index (χ3n) is 7.70. The number of benzene rings is 3. The molecule has 34 heavy (non-hydrogen) atoms. The third kappa shape index (κ3) is 3.04. The zero-order valence-corrected chi connectivity index (χ0v) is 21.0. The minimum absolute atomic E-state index is 0.0328. The predicted octanol–water partition coefficient (Wildman–Crippen LogP) is 5.95. The van der Waals surface area contributed by atoms with E-state index in [4.69, 9.17) is 0 Å². The number of aromatic nitrogens is 2. The first-order valence-corrected chi connectivity index (χ1v) is 12.4. The van der Waals surface area contributed by atoms with Crippen molar-refractivity contribution in [1.82, 2.24) is 9.13 Å². The van der Waals surface area contributed by atoms with E-state index in [1.165, 1.54) is 22.3 Å². The lowest BCUT2D eigenvalue weighted by Gasteiger charge is -2.17. The van der Waals surface area contributed by atoms with Crippen molar-refractivity contribution in [3.63, 3.8) is 0 Å². The fourth-order valence-corrected chi connectivity index (χ4v) is 5.63. The summed E-state index contributed by atoms with van der Waals surface area (Å²) < 4.78 is 4.15. The lowest BCUT2D eigenvalue weighted by molar-refractivity contribution is 0.980. The van der Waals surface area contributed by atoms with Crippen LogP contribution in [0, 0.1) is 0 Å². The van der Waals surface area contributed by atoms with Crippen LogP contribution in [0.15, 0.2) is 46.0 Å². The van der Waals surface area contributed by atoms with Crippen LogP contribution in [-0.4, -0.2) is 9.13 Å². The number of rotatable bonds is 4. The van der Waals surface area contributed by atoms with Crippen LogP contribution in [0.3, 0.4) is 0 Å². The van der Waals surface area contributed by atoms with E-state index < -0.39 is 0 Å². The van der Waals surface area contributed by atoms with Gasteiger partial charge in [-0.2, -0.15) is 0 Å². The van der Waals surface area contributed by atoms with E-state index in [2.05, 4.69) is 61.1 Å². The van der Waals surface area contributed by atoms with E-state index in [9.17, 15) is 9.59 Å². The van der Waals surface area contributed by atoms with E-state index in [1.54, 1.807) is 0 Å². The first-order chi connectivity index (χ1) is 16.3. The van der Waals surface area contributed by atoms with E-state index in [1.807, 2.05) is 26.2 Å². The van der Waals surface area contributed by atoms with E-state index in [0.717, 1.165) is 58.5 Å². The molecule has 5 aromatic rings. The Morgan fingerprint density at radius 1 is 0.471 bits per heavy atom. The summed E-state index contributed by atoms with van der Waals surface area (Å²) in [5.41, 5.74) is 8.50. The molecule has 0 amide bonds. The van der Waals surface area contributed by atoms with Gasteiger partial charge >= 0.3 is 0 Å². The van der Waals surface area contributed by atoms with Crippen molar-refractivity contribution >= 4 is 43.6 Å². The van der Waals surface area contributed by atoms with Crippen molar-refractivity contribution in [1.29, 1.82) is 0 Å². The summed E-state index contributed by atoms with van der Waals surface area (Å²) >= 11 is 0. The predicted molar refractivity (Wildman–Crippen MR) is 144 cm³/mol. The van der Waals surface area contributed by atoms with Crippen LogP contribution in [0.25, 0.3) is 43.6 Å². The Morgan fingerprint density at radius 2 is 0.735 bits per heavy atom. The number of aryl methyl sites for hydroxylation is 6. The Labute approximate surface area is 199 Å². The average molecular weight is 453 g/mol. The molecule has 0 bridgehead atoms. The SMILES string of the molecule is CCc1cc2c(=O)c3cc4c(cc3n(C)c2cc1CC)c(=O)c1cc(CC)c(CC)cc1n4C. The highest BCUT2D eigenvalue weighted by molar-refractivity contribution is 6.04. The summed E-state index contributed by atoms with van der Waals surface area (Å²) in [5.74, 6) is 0. The highest BCUT2D eigenvalue weighted by atomic mass is 16.1. The van der Waals surface area contributed by atoms with E-state index in [0.29, 0.717) is 10.8 Å². The van der Waals surface area contributed by atoms with Gasteiger partial charge in [-0.25, -0.2) is 0 Å². The van der Waals surface area contributed by atoms with Gasteiger partial charge in [0.2, 0.25) is 0 Å². The van der Waals surface area contributed by atoms with Crippen LogP contribution >= 0.6 is 0 Å². The van der Waals surface area contributed by atoms with Crippen molar-refractivity contribution in [2.75, 3.05) is 0 Å². The third-order valence-corrected chi connectivity index (χ3v) is 7.70. The summed E-state index contributed by atoms with van der Waals surface area (Å²) in [4.78, 5) is 27.4. The van der Waals surface area contributed by atoms with E-state index >= 15 is 0 Å². The first kappa shape index (κ1) is 22.4. The molecular formula is C30H32N2O2. The van der Waals surface area contributed by atoms with Crippen LogP contribution in [-0.2, 0) is 39.8 Å². The minimum atomic E-state index is 0.0328. The molecular weight excluding hydrogens is 420 g/mol. The Kier molecular flexibility index (Phi) is 5.35. The highest BCUT2D eigenvalue weighted by Gasteiger charge is 2.17. The van der Waals surface area contributed by atoms with Crippen LogP contribution in [0.1, 0.15) is 49.9 Å². The van der Waals surface area contributed by atoms with Gasteiger partial charge in [0.05, 0.1) is 22.1 Å². The summed E-state index contributed by atoms with van der Waals surface area (Å²) in [7, 11) is 3.99. The van der Waals surface area contributed by atoms with Gasteiger partial charge in [-0.15, -0.1) is 0 Å². The molecule has 2 heterocycles. The van der Waals surface area contributed by atoms with Gasteiger partial charge < -0.3 is 9.13 Å². The largest absolute Gasteiger partial charge is 0.343 e. The molecule has 0 aliphatic rings. The monoisotopic (exact) mass is 452 g/mol. The molecule has 0 spiro atoms. The molecule has 4 nitrogen and oxygen atoms in total. The number of nitrogens with zero attached hydrogens (tertiary/aromatic N) is 2. The first-order valence-electron chi connectivity index (χ1n) is 12.4. The Bertz CT molecular complexity index is 1620. The summed E-state index contributed by atoms with van der Waals surface area (Å²) in [6, 6.07) is 12.3. The fraction of sp³-hybridized carbons (Fsp3) is 0.333. The lowest BCUT2D eigenvalue weighted by atomic mass is 9.97. The molecule has 4 heteroatoms. The van der Waals surface area contributed by atoms with E-state index in [-0.39, 0.29) is 10.9 Å². The maximum absolute atomic E-state index is 13.7. The molecule has 3 aromatic carbocycles. The maximum atomic E-state index is 13.7. The van der Waals surface area contributed by atoms with Crippen molar-refractivity contribution in [3.8, 4) is 0 Å². The molecule has 0 aliphatic carbocycles. The topological polar surface area (TPSA) is 44.0 Å². The van der Waals surface area contributed by atoms with Crippen LogP contribution < -0.4 is 10.9 Å². The molecule has 5 rings (SSSR count). The Morgan fingerprint density at radius 3 is 1.06 bits per heavy atom. The van der Waals surface area contributed by atoms with Gasteiger partial charge in [-0.3, -0.25) is 9.59 Å². The summed E-state index contributed by atoms with van der Waals surface area (Å²) in [5, 5.41) is 2.80. The van der Waals surface area contributed by atoms with Gasteiger partial charge in [0.1, 0.15) is 0 Å². The Balaban J connectivity index is 1.98. The normalized spacial score (nSPS) is 11.9. The molecule has 0 atom stereocenters. The van der Waals surface area contributed by atoms with Crippen molar-refractivity contribution in [2.24, 2.45) is 14.1 Å². The van der Waals surface area contributed by atoms with Crippen molar-refractivity contribution < 1.29 is 0 Å². The molecule has 0 saturated heterocycles. The number of hydrogen-bond donors (Lipinski definition) is 0. The second kappa shape index (κ2) is 8.12.